The molecule has 1 aromatic rings. The molecular weight excluding hydrogens is 224 g/mol. The number of nitrogens with two attached hydrogens (primary N) is 1. The molecule has 1 aromatic heterocycles. The molecule has 0 radical (unpaired) electrons. The lowest BCUT2D eigenvalue weighted by Gasteiger charge is -2.22. The van der Waals surface area contributed by atoms with Crippen LogP contribution in [0.1, 0.15) is 44.4 Å². The minimum absolute atomic E-state index is 0.154. The minimum atomic E-state index is 0.154. The first-order chi connectivity index (χ1) is 8.53. The third-order valence-corrected chi connectivity index (χ3v) is 4.04. The Hall–Kier alpha value is -1.09. The molecule has 0 fully saturated rings. The number of fused-ring (bicyclic) bond motifs is 1. The number of pyridine rings is 1. The number of rotatable bonds is 5. The Morgan fingerprint density at radius 3 is 2.83 bits per heavy atom. The Bertz CT molecular complexity index is 474. The van der Waals surface area contributed by atoms with Crippen molar-refractivity contribution < 1.29 is 0 Å². The van der Waals surface area contributed by atoms with Gasteiger partial charge in [-0.3, -0.25) is 4.79 Å². The molecule has 1 aliphatic carbocycles. The summed E-state index contributed by atoms with van der Waals surface area (Å²) in [4.78, 5) is 11.9. The molecule has 0 saturated heterocycles. The lowest BCUT2D eigenvalue weighted by Crippen LogP contribution is -2.26. The van der Waals surface area contributed by atoms with E-state index >= 15 is 0 Å². The Morgan fingerprint density at radius 2 is 2.11 bits per heavy atom. The molecule has 0 bridgehead atoms. The van der Waals surface area contributed by atoms with Gasteiger partial charge in [-0.05, 0) is 49.6 Å². The van der Waals surface area contributed by atoms with Gasteiger partial charge >= 0.3 is 0 Å². The van der Waals surface area contributed by atoms with Crippen molar-refractivity contribution >= 4 is 0 Å². The van der Waals surface area contributed by atoms with E-state index in [1.807, 2.05) is 10.6 Å². The van der Waals surface area contributed by atoms with Crippen LogP contribution in [0, 0.1) is 5.41 Å². The summed E-state index contributed by atoms with van der Waals surface area (Å²) in [5.74, 6) is 0. The summed E-state index contributed by atoms with van der Waals surface area (Å²) in [6, 6.07) is 3.73. The molecule has 0 spiro atoms. The normalized spacial score (nSPS) is 14.8. The Kier molecular flexibility index (Phi) is 3.91. The highest BCUT2D eigenvalue weighted by Gasteiger charge is 2.18. The van der Waals surface area contributed by atoms with E-state index in [-0.39, 0.29) is 11.0 Å². The van der Waals surface area contributed by atoms with E-state index in [1.165, 1.54) is 17.7 Å². The van der Waals surface area contributed by atoms with E-state index in [9.17, 15) is 4.79 Å². The maximum atomic E-state index is 11.9. The lowest BCUT2D eigenvalue weighted by atomic mass is 9.88. The highest BCUT2D eigenvalue weighted by Crippen LogP contribution is 2.23. The highest BCUT2D eigenvalue weighted by molar-refractivity contribution is 5.25. The smallest absolute Gasteiger partial charge is 0.250 e. The van der Waals surface area contributed by atoms with Crippen molar-refractivity contribution in [3.05, 3.63) is 33.7 Å². The molecule has 0 atom stereocenters. The molecule has 2 rings (SSSR count). The number of hydrogen-bond donors (Lipinski definition) is 1. The van der Waals surface area contributed by atoms with Crippen molar-refractivity contribution in [1.82, 2.24) is 4.57 Å². The average Bonchev–Trinajstić information content (AvgIpc) is 2.80. The van der Waals surface area contributed by atoms with Gasteiger partial charge in [0.2, 0.25) is 0 Å². The van der Waals surface area contributed by atoms with Crippen molar-refractivity contribution in [1.29, 1.82) is 0 Å². The Labute approximate surface area is 109 Å². The molecule has 0 aromatic carbocycles. The second kappa shape index (κ2) is 5.27. The molecule has 1 aliphatic rings. The van der Waals surface area contributed by atoms with Gasteiger partial charge in [-0.2, -0.15) is 0 Å². The van der Waals surface area contributed by atoms with Gasteiger partial charge in [0.25, 0.3) is 5.56 Å². The van der Waals surface area contributed by atoms with Crippen LogP contribution in [0.4, 0.5) is 0 Å². The van der Waals surface area contributed by atoms with Crippen molar-refractivity contribution in [2.24, 2.45) is 11.1 Å². The zero-order chi connectivity index (χ0) is 13.2. The van der Waals surface area contributed by atoms with Crippen LogP contribution < -0.4 is 11.3 Å². The molecule has 0 amide bonds. The molecule has 18 heavy (non-hydrogen) atoms. The molecule has 0 saturated carbocycles. The second-order valence-electron chi connectivity index (χ2n) is 6.12. The maximum Gasteiger partial charge on any atom is 0.250 e. The summed E-state index contributed by atoms with van der Waals surface area (Å²) in [6.45, 7) is 5.91. The molecule has 0 aliphatic heterocycles. The van der Waals surface area contributed by atoms with Crippen molar-refractivity contribution in [2.45, 2.75) is 52.5 Å². The number of hydrogen-bond acceptors (Lipinski definition) is 2. The van der Waals surface area contributed by atoms with Gasteiger partial charge in [0, 0.05) is 18.3 Å². The van der Waals surface area contributed by atoms with Gasteiger partial charge in [0.05, 0.1) is 0 Å². The topological polar surface area (TPSA) is 48.0 Å². The third-order valence-electron chi connectivity index (χ3n) is 4.04. The summed E-state index contributed by atoms with van der Waals surface area (Å²) in [5, 5.41) is 0. The highest BCUT2D eigenvalue weighted by atomic mass is 16.1. The summed E-state index contributed by atoms with van der Waals surface area (Å²) >= 11 is 0. The van der Waals surface area contributed by atoms with Gasteiger partial charge in [-0.15, -0.1) is 0 Å². The molecule has 100 valence electrons. The van der Waals surface area contributed by atoms with Crippen LogP contribution in [-0.4, -0.2) is 11.1 Å². The van der Waals surface area contributed by atoms with Crippen LogP contribution in [0.2, 0.25) is 0 Å². The van der Waals surface area contributed by atoms with E-state index in [4.69, 9.17) is 5.73 Å². The molecular formula is C15H24N2O. The standard InChI is InChI=1S/C15H24N2O/c1-15(2,11-16)9-4-10-17-13-6-3-5-12(13)7-8-14(17)18/h7-8H,3-6,9-11,16H2,1-2H3. The predicted molar refractivity (Wildman–Crippen MR) is 74.8 cm³/mol. The quantitative estimate of drug-likeness (QED) is 0.867. The second-order valence-corrected chi connectivity index (χ2v) is 6.12. The molecule has 1 heterocycles. The summed E-state index contributed by atoms with van der Waals surface area (Å²) in [6.07, 6.45) is 5.48. The van der Waals surface area contributed by atoms with E-state index in [0.717, 1.165) is 32.2 Å². The van der Waals surface area contributed by atoms with Crippen LogP contribution in [0.15, 0.2) is 16.9 Å². The largest absolute Gasteiger partial charge is 0.330 e. The van der Waals surface area contributed by atoms with Crippen molar-refractivity contribution in [3.63, 3.8) is 0 Å². The first-order valence-electron chi connectivity index (χ1n) is 6.95. The van der Waals surface area contributed by atoms with E-state index in [2.05, 4.69) is 13.8 Å². The predicted octanol–water partition coefficient (Wildman–Crippen LogP) is 2.10. The van der Waals surface area contributed by atoms with Gasteiger partial charge in [0.1, 0.15) is 0 Å². The van der Waals surface area contributed by atoms with Gasteiger partial charge in [-0.1, -0.05) is 19.9 Å². The number of aryl methyl sites for hydroxylation is 1. The third kappa shape index (κ3) is 2.83. The Balaban J connectivity index is 2.06. The van der Waals surface area contributed by atoms with E-state index in [1.54, 1.807) is 6.07 Å². The summed E-state index contributed by atoms with van der Waals surface area (Å²) < 4.78 is 1.98. The number of aromatic nitrogens is 1. The van der Waals surface area contributed by atoms with Gasteiger partial charge in [-0.25, -0.2) is 0 Å². The molecule has 3 nitrogen and oxygen atoms in total. The average molecular weight is 248 g/mol. The van der Waals surface area contributed by atoms with E-state index in [0.29, 0.717) is 6.54 Å². The minimum Gasteiger partial charge on any atom is -0.330 e. The fraction of sp³-hybridized carbons (Fsp3) is 0.667. The van der Waals surface area contributed by atoms with E-state index < -0.39 is 0 Å². The van der Waals surface area contributed by atoms with Gasteiger partial charge in [0.15, 0.2) is 0 Å². The summed E-state index contributed by atoms with van der Waals surface area (Å²) in [5.41, 5.74) is 8.71. The first-order valence-corrected chi connectivity index (χ1v) is 6.95. The fourth-order valence-electron chi connectivity index (χ4n) is 2.70. The van der Waals surface area contributed by atoms with Crippen LogP contribution in [0.5, 0.6) is 0 Å². The Morgan fingerprint density at radius 1 is 1.33 bits per heavy atom. The first kappa shape index (κ1) is 13.3. The number of nitrogens with zero attached hydrogens (tertiary/aromatic N) is 1. The zero-order valence-corrected chi connectivity index (χ0v) is 11.5. The monoisotopic (exact) mass is 248 g/mol. The summed E-state index contributed by atoms with van der Waals surface area (Å²) in [7, 11) is 0. The SMILES string of the molecule is CC(C)(CN)CCCn1c2c(ccc1=O)CCC2. The van der Waals surface area contributed by atoms with Crippen molar-refractivity contribution in [3.8, 4) is 0 Å². The van der Waals surface area contributed by atoms with Crippen LogP contribution in [0.25, 0.3) is 0 Å². The molecule has 3 heteroatoms. The molecule has 0 unspecified atom stereocenters. The van der Waals surface area contributed by atoms with Crippen molar-refractivity contribution in [2.75, 3.05) is 6.54 Å². The van der Waals surface area contributed by atoms with Crippen LogP contribution >= 0.6 is 0 Å². The zero-order valence-electron chi connectivity index (χ0n) is 11.5. The van der Waals surface area contributed by atoms with Crippen LogP contribution in [-0.2, 0) is 19.4 Å². The lowest BCUT2D eigenvalue weighted by molar-refractivity contribution is 0.325. The molecule has 2 N–H and O–H groups in total. The van der Waals surface area contributed by atoms with Gasteiger partial charge < -0.3 is 10.3 Å². The maximum absolute atomic E-state index is 11.9. The van der Waals surface area contributed by atoms with Crippen LogP contribution in [0.3, 0.4) is 0 Å². The fourth-order valence-corrected chi connectivity index (χ4v) is 2.70.